The lowest BCUT2D eigenvalue weighted by Gasteiger charge is -2.12. The maximum absolute atomic E-state index is 5.41. The Morgan fingerprint density at radius 3 is 3.00 bits per heavy atom. The van der Waals surface area contributed by atoms with E-state index in [1.165, 1.54) is 16.5 Å². The van der Waals surface area contributed by atoms with Crippen molar-refractivity contribution in [2.24, 2.45) is 11.5 Å². The standard InChI is InChI=1S/C14H17N5/c1-8-5-6-11-10(7-8)9-3-2-4-12(13(9)17-11)18-19-14(15)16/h4-7,17-18H,2-3H2,1H3,(H4,15,16,19)/p+1. The van der Waals surface area contributed by atoms with Gasteiger partial charge in [0.05, 0.1) is 11.4 Å². The fourth-order valence-corrected chi connectivity index (χ4v) is 2.57. The van der Waals surface area contributed by atoms with E-state index in [4.69, 9.17) is 11.5 Å². The summed E-state index contributed by atoms with van der Waals surface area (Å²) in [4.78, 5) is 3.46. The molecule has 0 amide bonds. The summed E-state index contributed by atoms with van der Waals surface area (Å²) in [7, 11) is 0. The first-order valence-corrected chi connectivity index (χ1v) is 6.37. The zero-order valence-corrected chi connectivity index (χ0v) is 10.9. The molecule has 98 valence electrons. The van der Waals surface area contributed by atoms with Crippen LogP contribution in [0.15, 0.2) is 24.3 Å². The number of fused-ring (bicyclic) bond motifs is 3. The van der Waals surface area contributed by atoms with Gasteiger partial charge in [-0.1, -0.05) is 17.7 Å². The van der Waals surface area contributed by atoms with Crippen LogP contribution in [-0.4, -0.2) is 10.9 Å². The lowest BCUT2D eigenvalue weighted by atomic mass is 9.98. The van der Waals surface area contributed by atoms with Crippen molar-refractivity contribution in [3.63, 3.8) is 0 Å². The number of hydrogen-bond donors (Lipinski definition) is 5. The van der Waals surface area contributed by atoms with Crippen LogP contribution in [0.3, 0.4) is 0 Å². The highest BCUT2D eigenvalue weighted by molar-refractivity contribution is 5.90. The molecule has 1 heterocycles. The van der Waals surface area contributed by atoms with Crippen LogP contribution in [-0.2, 0) is 6.42 Å². The molecular weight excluding hydrogens is 238 g/mol. The van der Waals surface area contributed by atoms with Gasteiger partial charge in [-0.3, -0.25) is 11.5 Å². The molecule has 7 N–H and O–H groups in total. The van der Waals surface area contributed by atoms with Crippen molar-refractivity contribution in [2.45, 2.75) is 19.8 Å². The van der Waals surface area contributed by atoms with Gasteiger partial charge in [-0.25, -0.2) is 5.43 Å². The van der Waals surface area contributed by atoms with Crippen LogP contribution in [0, 0.1) is 6.92 Å². The van der Waals surface area contributed by atoms with Gasteiger partial charge < -0.3 is 4.98 Å². The summed E-state index contributed by atoms with van der Waals surface area (Å²) in [6, 6.07) is 6.47. The molecule has 0 radical (unpaired) electrons. The van der Waals surface area contributed by atoms with E-state index < -0.39 is 0 Å². The number of aromatic amines is 1. The van der Waals surface area contributed by atoms with Crippen molar-refractivity contribution in [3.8, 4) is 0 Å². The smallest absolute Gasteiger partial charge is 0.353 e. The fourth-order valence-electron chi connectivity index (χ4n) is 2.57. The van der Waals surface area contributed by atoms with Crippen molar-refractivity contribution in [1.29, 1.82) is 0 Å². The van der Waals surface area contributed by atoms with E-state index >= 15 is 0 Å². The van der Waals surface area contributed by atoms with Crippen LogP contribution < -0.4 is 22.0 Å². The SMILES string of the molecule is Cc1ccc2[nH]c3c(c2c1)CCC=C3N[NH+]=C(N)N. The lowest BCUT2D eigenvalue weighted by molar-refractivity contribution is -0.511. The molecule has 1 aliphatic carbocycles. The summed E-state index contributed by atoms with van der Waals surface area (Å²) < 4.78 is 0. The summed E-state index contributed by atoms with van der Waals surface area (Å²) in [6.07, 6.45) is 4.19. The van der Waals surface area contributed by atoms with Gasteiger partial charge >= 0.3 is 5.96 Å². The number of hydrogen-bond acceptors (Lipinski definition) is 1. The number of allylic oxidation sites excluding steroid dienone is 1. The molecule has 1 aromatic heterocycles. The number of hydrazine groups is 1. The number of aromatic nitrogens is 1. The van der Waals surface area contributed by atoms with Crippen LogP contribution in [0.4, 0.5) is 0 Å². The van der Waals surface area contributed by atoms with Crippen molar-refractivity contribution in [2.75, 3.05) is 0 Å². The molecule has 0 saturated carbocycles. The van der Waals surface area contributed by atoms with Gasteiger partial charge in [0.1, 0.15) is 0 Å². The first-order chi connectivity index (χ1) is 9.15. The molecule has 0 fully saturated rings. The Morgan fingerprint density at radius 2 is 2.21 bits per heavy atom. The predicted octanol–water partition coefficient (Wildman–Crippen LogP) is -0.378. The molecule has 0 aliphatic heterocycles. The van der Waals surface area contributed by atoms with Gasteiger partial charge in [-0.2, -0.15) is 5.10 Å². The number of guanidine groups is 1. The molecule has 1 aliphatic rings. The second-order valence-corrected chi connectivity index (χ2v) is 4.89. The molecule has 0 spiro atoms. The molecule has 0 unspecified atom stereocenters. The minimum atomic E-state index is 0.153. The van der Waals surface area contributed by atoms with Crippen molar-refractivity contribution < 1.29 is 5.10 Å². The van der Waals surface area contributed by atoms with Gasteiger partial charge in [0.25, 0.3) is 0 Å². The number of nitrogens with two attached hydrogens (primary N) is 2. The van der Waals surface area contributed by atoms with E-state index in [1.807, 2.05) is 0 Å². The Kier molecular flexibility index (Phi) is 2.67. The Bertz CT molecular complexity index is 689. The summed E-state index contributed by atoms with van der Waals surface area (Å²) >= 11 is 0. The topological polar surface area (TPSA) is 93.8 Å². The molecule has 2 aromatic rings. The van der Waals surface area contributed by atoms with Crippen molar-refractivity contribution in [3.05, 3.63) is 41.1 Å². The second-order valence-electron chi connectivity index (χ2n) is 4.89. The third-order valence-electron chi connectivity index (χ3n) is 3.42. The molecule has 0 atom stereocenters. The Balaban J connectivity index is 2.09. The van der Waals surface area contributed by atoms with Gasteiger partial charge in [0.2, 0.25) is 0 Å². The number of rotatable bonds is 2. The number of nitrogens with one attached hydrogen (secondary N) is 3. The zero-order valence-electron chi connectivity index (χ0n) is 10.9. The van der Waals surface area contributed by atoms with Gasteiger partial charge in [-0.15, -0.1) is 0 Å². The first kappa shape index (κ1) is 11.6. The summed E-state index contributed by atoms with van der Waals surface area (Å²) in [5.41, 5.74) is 19.7. The normalized spacial score (nSPS) is 13.8. The molecule has 5 nitrogen and oxygen atoms in total. The fraction of sp³-hybridized carbons (Fsp3) is 0.214. The maximum atomic E-state index is 5.41. The van der Waals surface area contributed by atoms with E-state index in [0.29, 0.717) is 0 Å². The Hall–Kier alpha value is -2.43. The zero-order chi connectivity index (χ0) is 13.4. The van der Waals surface area contributed by atoms with Crippen LogP contribution >= 0.6 is 0 Å². The number of benzene rings is 1. The summed E-state index contributed by atoms with van der Waals surface area (Å²) in [5.74, 6) is 0.153. The predicted molar refractivity (Wildman–Crippen MR) is 76.8 cm³/mol. The average Bonchev–Trinajstić information content (AvgIpc) is 2.75. The quantitative estimate of drug-likeness (QED) is 0.288. The number of hydrazone groups is 1. The van der Waals surface area contributed by atoms with E-state index in [1.54, 1.807) is 0 Å². The van der Waals surface area contributed by atoms with Crippen LogP contribution in [0.1, 0.15) is 23.2 Å². The van der Waals surface area contributed by atoms with E-state index in [9.17, 15) is 0 Å². The van der Waals surface area contributed by atoms with Crippen molar-refractivity contribution >= 4 is 22.6 Å². The van der Waals surface area contributed by atoms with E-state index in [2.05, 4.69) is 46.7 Å². The van der Waals surface area contributed by atoms with E-state index in [-0.39, 0.29) is 5.96 Å². The minimum absolute atomic E-state index is 0.153. The lowest BCUT2D eigenvalue weighted by Crippen LogP contribution is -2.86. The summed E-state index contributed by atoms with van der Waals surface area (Å²) in [5, 5.41) is 4.04. The highest BCUT2D eigenvalue weighted by atomic mass is 15.3. The molecule has 5 heteroatoms. The average molecular weight is 256 g/mol. The molecule has 1 aromatic carbocycles. The first-order valence-electron chi connectivity index (χ1n) is 6.37. The number of aryl methyl sites for hydroxylation is 2. The molecular formula is C14H18N5+. The van der Waals surface area contributed by atoms with Crippen LogP contribution in [0.2, 0.25) is 0 Å². The van der Waals surface area contributed by atoms with Crippen LogP contribution in [0.5, 0.6) is 0 Å². The summed E-state index contributed by atoms with van der Waals surface area (Å²) in [6.45, 7) is 2.11. The third kappa shape index (κ3) is 2.03. The maximum Gasteiger partial charge on any atom is 0.360 e. The highest BCUT2D eigenvalue weighted by Crippen LogP contribution is 2.31. The Morgan fingerprint density at radius 1 is 1.37 bits per heavy atom. The van der Waals surface area contributed by atoms with Gasteiger partial charge in [0, 0.05) is 10.9 Å². The highest BCUT2D eigenvalue weighted by Gasteiger charge is 2.18. The monoisotopic (exact) mass is 256 g/mol. The number of H-pyrrole nitrogens is 1. The minimum Gasteiger partial charge on any atom is -0.353 e. The molecule has 3 rings (SSSR count). The second kappa shape index (κ2) is 4.35. The third-order valence-corrected chi connectivity index (χ3v) is 3.42. The van der Waals surface area contributed by atoms with Crippen molar-refractivity contribution in [1.82, 2.24) is 10.4 Å². The molecule has 0 bridgehead atoms. The molecule has 19 heavy (non-hydrogen) atoms. The van der Waals surface area contributed by atoms with Crippen LogP contribution in [0.25, 0.3) is 16.6 Å². The van der Waals surface area contributed by atoms with Gasteiger partial charge in [-0.05, 0) is 37.5 Å². The molecule has 0 saturated heterocycles. The van der Waals surface area contributed by atoms with Gasteiger partial charge in [0.15, 0.2) is 0 Å². The largest absolute Gasteiger partial charge is 0.360 e. The Labute approximate surface area is 111 Å². The van der Waals surface area contributed by atoms with E-state index in [0.717, 1.165) is 29.7 Å².